The van der Waals surface area contributed by atoms with E-state index < -0.39 is 0 Å². The van der Waals surface area contributed by atoms with Crippen molar-refractivity contribution in [3.05, 3.63) is 91.0 Å². The van der Waals surface area contributed by atoms with E-state index in [0.29, 0.717) is 19.3 Å². The molecule has 66 heavy (non-hydrogen) atoms. The first-order chi connectivity index (χ1) is 32.4. The van der Waals surface area contributed by atoms with Gasteiger partial charge in [-0.3, -0.25) is 14.4 Å². The topological polar surface area (TPSA) is 87.3 Å². The maximum Gasteiger partial charge on any atom is 0.224 e. The summed E-state index contributed by atoms with van der Waals surface area (Å²) in [6.45, 7) is 6.76. The summed E-state index contributed by atoms with van der Waals surface area (Å²) in [5, 5.41) is 9.34. The number of carbonyl (C=O) groups excluding carboxylic acids is 3. The van der Waals surface area contributed by atoms with Gasteiger partial charge in [0.05, 0.1) is 0 Å². The van der Waals surface area contributed by atoms with E-state index in [1.165, 1.54) is 135 Å². The van der Waals surface area contributed by atoms with Gasteiger partial charge in [0.15, 0.2) is 0 Å². The maximum atomic E-state index is 12.8. The van der Waals surface area contributed by atoms with Crippen molar-refractivity contribution in [3.63, 3.8) is 0 Å². The molecule has 0 heterocycles. The van der Waals surface area contributed by atoms with E-state index in [1.54, 1.807) is 0 Å². The van der Waals surface area contributed by atoms with Crippen LogP contribution in [-0.4, -0.2) is 17.7 Å². The molecular weight excluding hydrogens is 811 g/mol. The van der Waals surface area contributed by atoms with Gasteiger partial charge >= 0.3 is 0 Å². The fourth-order valence-corrected chi connectivity index (χ4v) is 8.82. The van der Waals surface area contributed by atoms with Crippen LogP contribution in [0.5, 0.6) is 0 Å². The molecule has 3 amide bonds. The zero-order valence-electron chi connectivity index (χ0n) is 41.6. The Morgan fingerprint density at radius 2 is 0.470 bits per heavy atom. The summed E-state index contributed by atoms with van der Waals surface area (Å²) in [6.07, 6.45) is 34.9. The van der Waals surface area contributed by atoms with Gasteiger partial charge in [-0.1, -0.05) is 211 Å². The van der Waals surface area contributed by atoms with Crippen molar-refractivity contribution in [2.24, 2.45) is 0 Å². The standard InChI is InChI=1S/C60H87N3O3/c1-4-7-10-13-16-19-22-25-28-31-58(64)61-55-40-34-49(35-41-55)52-46-53(50-36-42-56(43-37-50)62-59(65)32-29-26-23-20-17-14-11-8-5-2)48-54(47-52)51-38-44-57(45-39-51)63-60(66)33-30-27-24-21-18-15-12-9-6-3/h34-48H,4-33H2,1-3H3,(H,61,64)(H,62,65)(H,63,66). The average molecular weight is 898 g/mol. The van der Waals surface area contributed by atoms with Crippen molar-refractivity contribution >= 4 is 34.8 Å². The molecule has 0 bridgehead atoms. The molecular formula is C60H87N3O3. The molecule has 4 aromatic carbocycles. The van der Waals surface area contributed by atoms with E-state index in [9.17, 15) is 14.4 Å². The highest BCUT2D eigenvalue weighted by Gasteiger charge is 2.11. The molecule has 4 aromatic rings. The summed E-state index contributed by atoms with van der Waals surface area (Å²) in [7, 11) is 0. The lowest BCUT2D eigenvalue weighted by molar-refractivity contribution is -0.117. The summed E-state index contributed by atoms with van der Waals surface area (Å²) >= 11 is 0. The monoisotopic (exact) mass is 898 g/mol. The van der Waals surface area contributed by atoms with Gasteiger partial charge in [-0.2, -0.15) is 0 Å². The Balaban J connectivity index is 1.38. The number of anilines is 3. The molecule has 0 spiro atoms. The molecule has 0 fully saturated rings. The highest BCUT2D eigenvalue weighted by atomic mass is 16.2. The molecule has 0 saturated heterocycles. The van der Waals surface area contributed by atoms with Crippen LogP contribution >= 0.6 is 0 Å². The van der Waals surface area contributed by atoms with Gasteiger partial charge < -0.3 is 16.0 Å². The summed E-state index contributed by atoms with van der Waals surface area (Å²) in [5.74, 6) is 0.212. The van der Waals surface area contributed by atoms with Crippen molar-refractivity contribution in [1.82, 2.24) is 0 Å². The minimum atomic E-state index is 0.0706. The van der Waals surface area contributed by atoms with E-state index in [1.807, 2.05) is 36.4 Å². The zero-order valence-corrected chi connectivity index (χ0v) is 41.6. The molecule has 0 unspecified atom stereocenters. The zero-order chi connectivity index (χ0) is 46.9. The number of benzene rings is 4. The van der Waals surface area contributed by atoms with Crippen LogP contribution in [-0.2, 0) is 14.4 Å². The summed E-state index contributed by atoms with van der Waals surface area (Å²) in [5.41, 5.74) is 8.76. The van der Waals surface area contributed by atoms with Crippen LogP contribution in [0, 0.1) is 0 Å². The largest absolute Gasteiger partial charge is 0.326 e. The number of amides is 3. The molecule has 0 aliphatic rings. The van der Waals surface area contributed by atoms with Crippen LogP contribution in [0.2, 0.25) is 0 Å². The van der Waals surface area contributed by atoms with Crippen LogP contribution in [0.4, 0.5) is 17.1 Å². The second kappa shape index (κ2) is 33.7. The third kappa shape index (κ3) is 22.7. The van der Waals surface area contributed by atoms with Crippen molar-refractivity contribution in [2.75, 3.05) is 16.0 Å². The van der Waals surface area contributed by atoms with Gasteiger partial charge in [0, 0.05) is 36.3 Å². The summed E-state index contributed by atoms with van der Waals surface area (Å²) < 4.78 is 0. The van der Waals surface area contributed by atoms with Crippen LogP contribution in [0.3, 0.4) is 0 Å². The lowest BCUT2D eigenvalue weighted by Gasteiger charge is -2.13. The predicted molar refractivity (Wildman–Crippen MR) is 284 cm³/mol. The molecule has 0 aliphatic heterocycles. The Morgan fingerprint density at radius 3 is 0.682 bits per heavy atom. The molecule has 360 valence electrons. The third-order valence-corrected chi connectivity index (χ3v) is 13.0. The Hall–Kier alpha value is -4.71. The minimum absolute atomic E-state index is 0.0706. The van der Waals surface area contributed by atoms with Crippen molar-refractivity contribution in [3.8, 4) is 33.4 Å². The Bertz CT molecular complexity index is 1680. The minimum Gasteiger partial charge on any atom is -0.326 e. The molecule has 4 rings (SSSR count). The van der Waals surface area contributed by atoms with E-state index >= 15 is 0 Å². The van der Waals surface area contributed by atoms with E-state index in [-0.39, 0.29) is 17.7 Å². The normalized spacial score (nSPS) is 11.1. The second-order valence-corrected chi connectivity index (χ2v) is 18.9. The first kappa shape index (κ1) is 53.9. The smallest absolute Gasteiger partial charge is 0.224 e. The van der Waals surface area contributed by atoms with E-state index in [4.69, 9.17) is 0 Å². The van der Waals surface area contributed by atoms with Crippen molar-refractivity contribution < 1.29 is 14.4 Å². The Labute approximate surface area is 401 Å². The average Bonchev–Trinajstić information content (AvgIpc) is 3.33. The number of nitrogens with one attached hydrogen (secondary N) is 3. The number of unbranched alkanes of at least 4 members (excludes halogenated alkanes) is 24. The predicted octanol–water partition coefficient (Wildman–Crippen LogP) is 18.3. The SMILES string of the molecule is CCCCCCCCCCCC(=O)Nc1ccc(-c2cc(-c3ccc(NC(=O)CCCCCCCCCCC)cc3)cc(-c3ccc(NC(=O)CCCCCCCCCCC)cc3)c2)cc1. The fourth-order valence-electron chi connectivity index (χ4n) is 8.82. The van der Waals surface area contributed by atoms with Gasteiger partial charge in [0.2, 0.25) is 17.7 Å². The van der Waals surface area contributed by atoms with Gasteiger partial charge in [0.1, 0.15) is 0 Å². The van der Waals surface area contributed by atoms with E-state index in [0.717, 1.165) is 89.0 Å². The molecule has 6 nitrogen and oxygen atoms in total. The van der Waals surface area contributed by atoms with Gasteiger partial charge in [0.25, 0.3) is 0 Å². The molecule has 0 aromatic heterocycles. The fraction of sp³-hybridized carbons (Fsp3) is 0.550. The van der Waals surface area contributed by atoms with Crippen LogP contribution < -0.4 is 16.0 Å². The summed E-state index contributed by atoms with van der Waals surface area (Å²) in [4.78, 5) is 38.4. The quantitative estimate of drug-likeness (QED) is 0.0398. The van der Waals surface area contributed by atoms with Crippen LogP contribution in [0.15, 0.2) is 91.0 Å². The number of rotatable bonds is 36. The van der Waals surface area contributed by atoms with Crippen molar-refractivity contribution in [1.29, 1.82) is 0 Å². The highest BCUT2D eigenvalue weighted by molar-refractivity contribution is 5.93. The first-order valence-electron chi connectivity index (χ1n) is 26.7. The molecule has 0 radical (unpaired) electrons. The molecule has 3 N–H and O–H groups in total. The third-order valence-electron chi connectivity index (χ3n) is 13.0. The molecule has 0 aliphatic carbocycles. The molecule has 0 saturated carbocycles. The number of carbonyl (C=O) groups is 3. The number of hydrogen-bond donors (Lipinski definition) is 3. The molecule has 6 heteroatoms. The summed E-state index contributed by atoms with van der Waals surface area (Å²) in [6, 6.07) is 31.1. The van der Waals surface area contributed by atoms with Crippen LogP contribution in [0.1, 0.15) is 213 Å². The first-order valence-corrected chi connectivity index (χ1v) is 26.7. The maximum absolute atomic E-state index is 12.8. The second-order valence-electron chi connectivity index (χ2n) is 18.9. The van der Waals surface area contributed by atoms with Gasteiger partial charge in [-0.05, 0) is 107 Å². The highest BCUT2D eigenvalue weighted by Crippen LogP contribution is 2.34. The van der Waals surface area contributed by atoms with E-state index in [2.05, 4.69) is 91.3 Å². The lowest BCUT2D eigenvalue weighted by Crippen LogP contribution is -2.10. The van der Waals surface area contributed by atoms with Gasteiger partial charge in [-0.15, -0.1) is 0 Å². The lowest BCUT2D eigenvalue weighted by atomic mass is 9.93. The number of hydrogen-bond acceptors (Lipinski definition) is 3. The van der Waals surface area contributed by atoms with Crippen LogP contribution in [0.25, 0.3) is 33.4 Å². The Morgan fingerprint density at radius 1 is 0.273 bits per heavy atom. The Kier molecular flexibility index (Phi) is 27.5. The molecule has 0 atom stereocenters. The van der Waals surface area contributed by atoms with Crippen molar-refractivity contribution in [2.45, 2.75) is 213 Å². The van der Waals surface area contributed by atoms with Gasteiger partial charge in [-0.25, -0.2) is 0 Å².